The number of imidazole rings is 2. The standard InChI is InChI=1S/C45H59N12O9P/c1-11-56-33(21-26(3)52-56)39(60)50-41-48-30-23-28(37(46)58)15-16-32(30)54(41)18-13-14-19-55-36-31(49-42(55)51-40(61)34-22-27(4)53-57(34)12-2)24-29(38(47)59)25-35(36)66-45(43(5,6)7,44(8,9)10)17-20-65-67(62,63)64/h13-16,21-25H,11-12,17-20H2,1-10H3,(H2,46,58)(H2,47,59)(H,48,50,60)(H,49,51,61)(H2,62,63,64)/b14-13+. The predicted octanol–water partition coefficient (Wildman–Crippen LogP) is 6.10. The van der Waals surface area contributed by atoms with Gasteiger partial charge in [-0.1, -0.05) is 53.7 Å². The number of primary amides is 2. The Balaban J connectivity index is 1.49. The number of rotatable bonds is 18. The van der Waals surface area contributed by atoms with Crippen LogP contribution in [0.15, 0.2) is 54.6 Å². The number of nitrogens with two attached hydrogens (primary N) is 2. The van der Waals surface area contributed by atoms with Gasteiger partial charge in [0.15, 0.2) is 0 Å². The van der Waals surface area contributed by atoms with Crippen LogP contribution in [-0.4, -0.2) is 84.3 Å². The first kappa shape index (κ1) is 49.8. The summed E-state index contributed by atoms with van der Waals surface area (Å²) < 4.78 is 30.6. The van der Waals surface area contributed by atoms with Crippen LogP contribution in [-0.2, 0) is 35.3 Å². The largest absolute Gasteiger partial charge is 0.484 e. The Morgan fingerprint density at radius 3 is 1.72 bits per heavy atom. The van der Waals surface area contributed by atoms with E-state index < -0.39 is 47.9 Å². The first-order valence-electron chi connectivity index (χ1n) is 21.7. The van der Waals surface area contributed by atoms with Crippen LogP contribution in [0.1, 0.15) is 115 Å². The quantitative estimate of drug-likeness (QED) is 0.0420. The fourth-order valence-electron chi connectivity index (χ4n) is 8.64. The maximum Gasteiger partial charge on any atom is 0.469 e. The molecule has 22 heteroatoms. The second-order valence-corrected chi connectivity index (χ2v) is 19.5. The second-order valence-electron chi connectivity index (χ2n) is 18.2. The molecule has 4 aromatic heterocycles. The smallest absolute Gasteiger partial charge is 0.469 e. The monoisotopic (exact) mass is 942 g/mol. The van der Waals surface area contributed by atoms with Gasteiger partial charge in [-0.25, -0.2) is 14.5 Å². The van der Waals surface area contributed by atoms with Gasteiger partial charge in [-0.3, -0.25) is 43.7 Å². The molecule has 0 aliphatic rings. The van der Waals surface area contributed by atoms with Gasteiger partial charge in [-0.05, 0) is 70.2 Å². The van der Waals surface area contributed by atoms with E-state index in [0.29, 0.717) is 46.7 Å². The zero-order valence-corrected chi connectivity index (χ0v) is 40.3. The Hall–Kier alpha value is -6.67. The summed E-state index contributed by atoms with van der Waals surface area (Å²) in [4.78, 5) is 81.5. The number of aryl methyl sites for hydroxylation is 4. The molecule has 6 aromatic rings. The SMILES string of the molecule is CCn1nc(C)cc1C(=O)Nc1nc2cc(C(N)=O)ccc2n1C/C=C/Cn1c(NC(=O)c2cc(C)nn2CC)nc2cc(C(N)=O)cc(OC(CCOP(=O)(O)O)(C(C)(C)C)C(C)(C)C)c21. The van der Waals surface area contributed by atoms with E-state index in [1.54, 1.807) is 62.7 Å². The summed E-state index contributed by atoms with van der Waals surface area (Å²) in [6, 6.07) is 11.1. The maximum atomic E-state index is 14.0. The Morgan fingerprint density at radius 2 is 1.22 bits per heavy atom. The summed E-state index contributed by atoms with van der Waals surface area (Å²) in [5.41, 5.74) is 12.6. The molecule has 0 aliphatic heterocycles. The van der Waals surface area contributed by atoms with Crippen molar-refractivity contribution in [3.05, 3.63) is 88.5 Å². The number of anilines is 2. The molecular formula is C45H59N12O9P. The van der Waals surface area contributed by atoms with Crippen LogP contribution in [0.4, 0.5) is 11.9 Å². The molecule has 0 saturated heterocycles. The molecule has 0 bridgehead atoms. The highest BCUT2D eigenvalue weighted by Gasteiger charge is 2.53. The number of phosphoric ester groups is 1. The number of carbonyl (C=O) groups excluding carboxylic acids is 4. The third kappa shape index (κ3) is 10.5. The minimum absolute atomic E-state index is 0.00442. The number of phosphoric acid groups is 1. The highest BCUT2D eigenvalue weighted by Crippen LogP contribution is 2.51. The number of allylic oxidation sites excluding steroid dienone is 2. The van der Waals surface area contributed by atoms with E-state index in [1.807, 2.05) is 67.5 Å². The highest BCUT2D eigenvalue weighted by atomic mass is 31.2. The normalized spacial score (nSPS) is 12.7. The van der Waals surface area contributed by atoms with Gasteiger partial charge in [0, 0.05) is 54.6 Å². The van der Waals surface area contributed by atoms with Crippen molar-refractivity contribution in [3.63, 3.8) is 0 Å². The molecule has 21 nitrogen and oxygen atoms in total. The third-order valence-corrected chi connectivity index (χ3v) is 12.1. The van der Waals surface area contributed by atoms with E-state index in [9.17, 15) is 33.5 Å². The van der Waals surface area contributed by atoms with Crippen LogP contribution >= 0.6 is 7.82 Å². The lowest BCUT2D eigenvalue weighted by Gasteiger charge is -2.53. The zero-order chi connectivity index (χ0) is 49.4. The Labute approximate surface area is 387 Å². The van der Waals surface area contributed by atoms with Gasteiger partial charge in [0.05, 0.1) is 34.5 Å². The number of nitrogens with one attached hydrogen (secondary N) is 2. The molecule has 2 aromatic carbocycles. The topological polar surface area (TPSA) is 292 Å². The summed E-state index contributed by atoms with van der Waals surface area (Å²) in [6.07, 6.45) is 3.63. The van der Waals surface area contributed by atoms with E-state index in [0.717, 1.165) is 0 Å². The second kappa shape index (κ2) is 18.9. The fourth-order valence-corrected chi connectivity index (χ4v) is 8.97. The van der Waals surface area contributed by atoms with Gasteiger partial charge in [0.2, 0.25) is 23.7 Å². The van der Waals surface area contributed by atoms with Gasteiger partial charge in [0.1, 0.15) is 28.3 Å². The third-order valence-electron chi connectivity index (χ3n) is 11.6. The molecule has 0 spiro atoms. The molecule has 4 heterocycles. The van der Waals surface area contributed by atoms with Gasteiger partial charge in [-0.15, -0.1) is 0 Å². The minimum Gasteiger partial charge on any atom is -0.484 e. The predicted molar refractivity (Wildman–Crippen MR) is 252 cm³/mol. The van der Waals surface area contributed by atoms with Crippen molar-refractivity contribution in [2.24, 2.45) is 22.3 Å². The van der Waals surface area contributed by atoms with E-state index in [4.69, 9.17) is 25.7 Å². The van der Waals surface area contributed by atoms with Crippen LogP contribution < -0.4 is 26.8 Å². The van der Waals surface area contributed by atoms with Crippen molar-refractivity contribution in [1.82, 2.24) is 38.7 Å². The molecule has 0 aliphatic carbocycles. The number of carbonyl (C=O) groups is 4. The lowest BCUT2D eigenvalue weighted by atomic mass is 9.61. The molecule has 0 radical (unpaired) electrons. The average Bonchev–Trinajstić information content (AvgIpc) is 3.99. The van der Waals surface area contributed by atoms with Crippen LogP contribution in [0.3, 0.4) is 0 Å². The van der Waals surface area contributed by atoms with Gasteiger partial charge in [-0.2, -0.15) is 10.2 Å². The molecule has 0 atom stereocenters. The minimum atomic E-state index is -4.86. The first-order valence-corrected chi connectivity index (χ1v) is 23.2. The Bertz CT molecular complexity index is 2940. The summed E-state index contributed by atoms with van der Waals surface area (Å²) >= 11 is 0. The van der Waals surface area contributed by atoms with Crippen molar-refractivity contribution in [1.29, 1.82) is 0 Å². The first-order chi connectivity index (χ1) is 31.3. The van der Waals surface area contributed by atoms with E-state index in [-0.39, 0.29) is 66.1 Å². The van der Waals surface area contributed by atoms with Crippen LogP contribution in [0, 0.1) is 24.7 Å². The summed E-state index contributed by atoms with van der Waals surface area (Å²) in [7, 11) is -4.86. The van der Waals surface area contributed by atoms with E-state index in [2.05, 4.69) is 25.8 Å². The Kier molecular flexibility index (Phi) is 14.0. The molecule has 0 fully saturated rings. The number of benzene rings is 2. The van der Waals surface area contributed by atoms with Crippen LogP contribution in [0.5, 0.6) is 5.75 Å². The lowest BCUT2D eigenvalue weighted by Crippen LogP contribution is -2.58. The van der Waals surface area contributed by atoms with Crippen LogP contribution in [0.25, 0.3) is 22.1 Å². The van der Waals surface area contributed by atoms with Gasteiger partial charge >= 0.3 is 7.82 Å². The molecule has 4 amide bonds. The molecule has 0 saturated carbocycles. The number of nitrogens with zero attached hydrogens (tertiary/aromatic N) is 8. The number of ether oxygens (including phenoxy) is 1. The molecule has 67 heavy (non-hydrogen) atoms. The average molecular weight is 943 g/mol. The summed E-state index contributed by atoms with van der Waals surface area (Å²) in [6.45, 7) is 19.6. The summed E-state index contributed by atoms with van der Waals surface area (Å²) in [5, 5.41) is 14.7. The van der Waals surface area contributed by atoms with E-state index >= 15 is 0 Å². The number of aromatic nitrogens is 8. The molecule has 358 valence electrons. The molecule has 0 unspecified atom stereocenters. The maximum absolute atomic E-state index is 14.0. The molecule has 8 N–H and O–H groups in total. The number of fused-ring (bicyclic) bond motifs is 2. The molecule has 6 rings (SSSR count). The van der Waals surface area contributed by atoms with Crippen molar-refractivity contribution in [2.75, 3.05) is 17.2 Å². The van der Waals surface area contributed by atoms with Crippen LogP contribution in [0.2, 0.25) is 0 Å². The van der Waals surface area contributed by atoms with Crippen molar-refractivity contribution >= 4 is 65.4 Å². The van der Waals surface area contributed by atoms with Crippen molar-refractivity contribution in [3.8, 4) is 5.75 Å². The highest BCUT2D eigenvalue weighted by molar-refractivity contribution is 7.46. The number of hydrogen-bond donors (Lipinski definition) is 6. The van der Waals surface area contributed by atoms with E-state index in [1.165, 1.54) is 12.1 Å². The summed E-state index contributed by atoms with van der Waals surface area (Å²) in [5.74, 6) is -1.94. The lowest BCUT2D eigenvalue weighted by molar-refractivity contribution is -0.125. The van der Waals surface area contributed by atoms with Gasteiger partial charge in [0.25, 0.3) is 11.8 Å². The number of hydrogen-bond acceptors (Lipinski definition) is 11. The van der Waals surface area contributed by atoms with Crippen molar-refractivity contribution < 1.29 is 42.8 Å². The zero-order valence-electron chi connectivity index (χ0n) is 39.4. The van der Waals surface area contributed by atoms with Crippen molar-refractivity contribution in [2.45, 2.75) is 107 Å². The fraction of sp³-hybridized carbons (Fsp3) is 0.422. The van der Waals surface area contributed by atoms with Gasteiger partial charge < -0.3 is 35.1 Å². The number of amides is 4. The molecular weight excluding hydrogens is 884 g/mol. The Morgan fingerprint density at radius 1 is 0.731 bits per heavy atom.